The third-order valence-corrected chi connectivity index (χ3v) is 21.5. The second-order valence-electron chi connectivity index (χ2n) is 23.6. The summed E-state index contributed by atoms with van der Waals surface area (Å²) in [6, 6.07) is 5.44. The van der Waals surface area contributed by atoms with Crippen molar-refractivity contribution in [3.8, 4) is 12.1 Å². The van der Waals surface area contributed by atoms with Gasteiger partial charge in [-0.05, 0) is 119 Å². The molecule has 16 unspecified atom stereocenters. The number of aliphatic hydroxyl groups excluding tert-OH is 1. The summed E-state index contributed by atoms with van der Waals surface area (Å²) in [4.78, 5) is 37.1. The Hall–Kier alpha value is -1.01. The molecule has 3 aliphatic carbocycles. The quantitative estimate of drug-likeness (QED) is 0.0313. The van der Waals surface area contributed by atoms with Crippen molar-refractivity contribution >= 4 is 40.3 Å². The zero-order valence-corrected chi connectivity index (χ0v) is 57.6. The molecule has 0 radical (unpaired) electrons. The van der Waals surface area contributed by atoms with Gasteiger partial charge in [-0.1, -0.05) is 71.0 Å². The highest BCUT2D eigenvalue weighted by atomic mass is 31.2. The van der Waals surface area contributed by atoms with Gasteiger partial charge in [0.2, 0.25) is 0 Å². The van der Waals surface area contributed by atoms with E-state index in [1.807, 2.05) is 52.8 Å². The van der Waals surface area contributed by atoms with Crippen LogP contribution in [0.3, 0.4) is 0 Å². The number of allylic oxidation sites excluding steroid dienone is 3. The predicted octanol–water partition coefficient (Wildman–Crippen LogP) is 9.01. The molecule has 20 atom stereocenters. The zero-order valence-electron chi connectivity index (χ0n) is 55.2. The summed E-state index contributed by atoms with van der Waals surface area (Å²) in [5.74, 6) is -1.77. The molecule has 0 saturated carbocycles. The first-order chi connectivity index (χ1) is 41.4. The van der Waals surface area contributed by atoms with Crippen molar-refractivity contribution in [1.29, 1.82) is 10.5 Å². The van der Waals surface area contributed by atoms with E-state index in [-0.39, 0.29) is 98.1 Å². The van der Waals surface area contributed by atoms with E-state index in [0.717, 1.165) is 6.66 Å². The van der Waals surface area contributed by atoms with E-state index in [1.165, 1.54) is 0 Å². The lowest BCUT2D eigenvalue weighted by Gasteiger charge is -2.38. The van der Waals surface area contributed by atoms with Gasteiger partial charge in [-0.3, -0.25) is 9.13 Å². The number of nitriles is 2. The molecule has 0 spiro atoms. The van der Waals surface area contributed by atoms with Crippen LogP contribution in [-0.4, -0.2) is 159 Å². The van der Waals surface area contributed by atoms with Crippen molar-refractivity contribution < 1.29 is 86.4 Å². The second-order valence-corrected chi connectivity index (χ2v) is 30.9. The highest BCUT2D eigenvalue weighted by Gasteiger charge is 2.42. The summed E-state index contributed by atoms with van der Waals surface area (Å²) in [6.45, 7) is 30.3. The van der Waals surface area contributed by atoms with Gasteiger partial charge in [-0.2, -0.15) is 10.5 Å². The second kappa shape index (κ2) is 39.5. The van der Waals surface area contributed by atoms with Crippen LogP contribution in [0.2, 0.25) is 0 Å². The number of likely N-dealkylation sites (N-methyl/N-ethyl adjacent to an activating group) is 2. The van der Waals surface area contributed by atoms with E-state index >= 15 is 0 Å². The molecule has 2 heterocycles. The number of ether oxygens (including phenoxy) is 2. The third-order valence-electron chi connectivity index (χ3n) is 14.6. The van der Waals surface area contributed by atoms with Gasteiger partial charge in [0, 0.05) is 51.3 Å². The molecule has 2 aliphatic heterocycles. The van der Waals surface area contributed by atoms with Crippen LogP contribution in [0, 0.1) is 58.2 Å². The minimum absolute atomic E-state index is 0.0287. The molecule has 0 aromatic rings. The standard InChI is InChI=1S/C25H43O12P3.2C16H32N3O3P/c1-17-5-8-20(14-26)23(11-17)36-39(29,30)34-16-22-10-7-19(3)13-25(22)37-40(31,32)33-15-21-9-6-18(2)12-24(21)35-38(4,27)28;1-7-18-16-14(6)20-11-15(16)22-23(21-10-8-9-17)19(12(2)3)13(4)5;1-7-18-15-11-20-14(6)16(15)22-23(21-10-8-9-17)19(12(2)3)13(4)5/h5-10,17-26H,11-16H2,1-4H3,(H,27,28)(H,29,30)(H,31,32);2*12-16,18H,7-8,10-11H2,1-6H3/p-3/t;2*14?,15-,16+,23?/m.00/s1/i;2*1T. The molecule has 5 rings (SSSR count). The van der Waals surface area contributed by atoms with E-state index < -0.39 is 83.0 Å². The first-order valence-electron chi connectivity index (χ1n) is 31.5. The molecule has 29 heteroatoms. The number of nitrogens with zero attached hydrogens (tertiary/aromatic N) is 4. The predicted molar refractivity (Wildman–Crippen MR) is 328 cm³/mol. The number of rotatable bonds is 33. The summed E-state index contributed by atoms with van der Waals surface area (Å²) >= 11 is 0. The molecule has 0 amide bonds. The third kappa shape index (κ3) is 28.1. The molecule has 5 aliphatic rings. The number of phosphoric ester groups is 2. The first-order valence-corrected chi connectivity index (χ1v) is 37.3. The van der Waals surface area contributed by atoms with Crippen LogP contribution < -0.4 is 25.3 Å². The van der Waals surface area contributed by atoms with E-state index in [1.54, 1.807) is 18.2 Å². The van der Waals surface area contributed by atoms with Gasteiger partial charge >= 0.3 is 0 Å². The molecule has 0 aromatic carbocycles. The smallest absolute Gasteiger partial charge is 0.268 e. The molecule has 3 N–H and O–H groups in total. The van der Waals surface area contributed by atoms with E-state index in [4.69, 9.17) is 63.5 Å². The SMILES string of the molecule is CC1C=CC(COP(=O)([O-])OC2CC(C)C=CC2COP(=O)([O-])OC2CC(C)C=CC2CO)C(OP(C)(=O)[O-])C1.[3H]CCN[C@@H]1C(C)OC[C@@H]1OP(OCCC#N)N(C(C)C)C(C)C.[3H]CCN[C@H]1COC(C)[C@H]1OP(OCCC#N)N(C(C)C)C(C)C. The topological polar surface area (TPSA) is 320 Å². The minimum Gasteiger partial charge on any atom is -0.779 e. The van der Waals surface area contributed by atoms with Crippen molar-refractivity contribution in [2.24, 2.45) is 35.5 Å². The zero-order chi connectivity index (χ0) is 65.9. The molecule has 498 valence electrons. The summed E-state index contributed by atoms with van der Waals surface area (Å²) in [6.07, 6.45) is 9.61. The lowest BCUT2D eigenvalue weighted by atomic mass is 9.87. The van der Waals surface area contributed by atoms with Gasteiger partial charge < -0.3 is 85.2 Å². The summed E-state index contributed by atoms with van der Waals surface area (Å²) < 4.78 is 118. The Kier molecular flexibility index (Phi) is 34.8. The lowest BCUT2D eigenvalue weighted by molar-refractivity contribution is -0.236. The Morgan fingerprint density at radius 3 is 1.48 bits per heavy atom. The summed E-state index contributed by atoms with van der Waals surface area (Å²) in [5, 5.41) is 33.8. The Morgan fingerprint density at radius 2 is 1.05 bits per heavy atom. The number of phosphoric acid groups is 2. The van der Waals surface area contributed by atoms with Crippen LogP contribution >= 0.6 is 40.3 Å². The monoisotopic (exact) mass is 1320 g/mol. The Labute approximate surface area is 520 Å². The fourth-order valence-electron chi connectivity index (χ4n) is 10.5. The lowest BCUT2D eigenvalue weighted by Crippen LogP contribution is -2.44. The van der Waals surface area contributed by atoms with Crippen molar-refractivity contribution in [3.63, 3.8) is 0 Å². The molecule has 0 bridgehead atoms. The number of hydrogen-bond donors (Lipinski definition) is 3. The number of aliphatic hydroxyl groups is 1. The van der Waals surface area contributed by atoms with Crippen LogP contribution in [0.1, 0.15) is 139 Å². The highest BCUT2D eigenvalue weighted by Crippen LogP contribution is 2.51. The van der Waals surface area contributed by atoms with E-state index in [0.29, 0.717) is 79.0 Å². The molecular weight excluding hydrogens is 1210 g/mol. The molecule has 24 nitrogen and oxygen atoms in total. The Morgan fingerprint density at radius 1 is 0.628 bits per heavy atom. The molecule has 2 saturated heterocycles. The van der Waals surface area contributed by atoms with Gasteiger partial charge in [-0.15, -0.1) is 0 Å². The summed E-state index contributed by atoms with van der Waals surface area (Å²) in [5.41, 5.74) is 0. The van der Waals surface area contributed by atoms with Crippen LogP contribution in [0.4, 0.5) is 0 Å². The summed E-state index contributed by atoms with van der Waals surface area (Å²) in [7, 11) is -16.3. The van der Waals surface area contributed by atoms with Crippen molar-refractivity contribution in [2.45, 2.75) is 215 Å². The molecule has 0 aromatic heterocycles. The van der Waals surface area contributed by atoms with Gasteiger partial charge in [0.25, 0.3) is 32.7 Å². The van der Waals surface area contributed by atoms with Crippen molar-refractivity contribution in [2.75, 3.05) is 66.0 Å². The van der Waals surface area contributed by atoms with Gasteiger partial charge in [-0.25, -0.2) is 9.34 Å². The van der Waals surface area contributed by atoms with Gasteiger partial charge in [0.1, 0.15) is 19.8 Å². The highest BCUT2D eigenvalue weighted by molar-refractivity contribution is 7.50. The van der Waals surface area contributed by atoms with Crippen molar-refractivity contribution in [3.05, 3.63) is 36.5 Å². The van der Waals surface area contributed by atoms with E-state index in [2.05, 4.69) is 87.5 Å². The van der Waals surface area contributed by atoms with Crippen molar-refractivity contribution in [1.82, 2.24) is 20.0 Å². The fourth-order valence-corrected chi connectivity index (χ4v) is 16.8. The maximum Gasteiger partial charge on any atom is 0.268 e. The first kappa shape index (κ1) is 75.7. The fraction of sp³-hybridized carbons (Fsp3) is 0.860. The minimum atomic E-state index is -4.89. The molecule has 86 heavy (non-hydrogen) atoms. The maximum atomic E-state index is 12.8. The maximum absolute atomic E-state index is 12.8. The molecule has 2 fully saturated rings. The van der Waals surface area contributed by atoms with Gasteiger partial charge in [0.15, 0.2) is 0 Å². The van der Waals surface area contributed by atoms with Gasteiger partial charge in [0.05, 0.1) is 114 Å². The van der Waals surface area contributed by atoms with Crippen LogP contribution in [0.15, 0.2) is 36.5 Å². The Bertz CT molecular complexity index is 2310. The van der Waals surface area contributed by atoms with Crippen LogP contribution in [0.25, 0.3) is 0 Å². The number of nitrogens with one attached hydrogen (secondary N) is 2. The normalized spacial score (nSPS) is 32.4. The molecular formula is C57H104N6O18P5-3. The average molecular weight is 1320 g/mol. The Balaban J connectivity index is 0.000000366. The van der Waals surface area contributed by atoms with Crippen LogP contribution in [-0.2, 0) is 63.9 Å². The van der Waals surface area contributed by atoms with Crippen LogP contribution in [0.5, 0.6) is 0 Å². The largest absolute Gasteiger partial charge is 0.779 e. The average Bonchev–Trinajstić information content (AvgIpc) is 3.13. The van der Waals surface area contributed by atoms with E-state index in [9.17, 15) is 33.5 Å². The number of hydrogen-bond acceptors (Lipinski definition) is 24.